The van der Waals surface area contributed by atoms with Gasteiger partial charge >= 0.3 is 0 Å². The zero-order valence-corrected chi connectivity index (χ0v) is 34.5. The molecule has 3 aromatic heterocycles. The van der Waals surface area contributed by atoms with Crippen LogP contribution in [-0.2, 0) is 0 Å². The third kappa shape index (κ3) is 8.03. The summed E-state index contributed by atoms with van der Waals surface area (Å²) < 4.78 is 16.2. The summed E-state index contributed by atoms with van der Waals surface area (Å²) in [4.78, 5) is 30.9. The molecule has 0 atom stereocenters. The zero-order chi connectivity index (χ0) is 42.7. The molecule has 10 aromatic rings. The monoisotopic (exact) mass is 825 g/mol. The van der Waals surface area contributed by atoms with E-state index in [2.05, 4.69) is 16.0 Å². The van der Waals surface area contributed by atoms with Crippen LogP contribution in [0.2, 0.25) is 0 Å². The van der Waals surface area contributed by atoms with Crippen molar-refractivity contribution in [2.45, 2.75) is 0 Å². The van der Waals surface area contributed by atoms with Crippen molar-refractivity contribution in [1.82, 2.24) is 29.9 Å². The van der Waals surface area contributed by atoms with Crippen molar-refractivity contribution >= 4 is 67.2 Å². The number of methoxy groups -OCH3 is 3. The van der Waals surface area contributed by atoms with Gasteiger partial charge in [-0.15, -0.1) is 0 Å². The third-order valence-electron chi connectivity index (χ3n) is 10.6. The van der Waals surface area contributed by atoms with Gasteiger partial charge in [-0.3, -0.25) is 0 Å². The molecule has 0 fully saturated rings. The molecule has 7 aromatic carbocycles. The lowest BCUT2D eigenvalue weighted by Crippen LogP contribution is -2.02. The molecule has 10 rings (SSSR count). The Balaban J connectivity index is 1.16. The molecule has 12 heteroatoms. The minimum Gasteiger partial charge on any atom is -0.497 e. The van der Waals surface area contributed by atoms with E-state index in [9.17, 15) is 0 Å². The molecule has 3 heterocycles. The van der Waals surface area contributed by atoms with Crippen LogP contribution < -0.4 is 30.2 Å². The average Bonchev–Trinajstić information content (AvgIpc) is 3.34. The molecule has 0 saturated heterocycles. The number of hydrogen-bond acceptors (Lipinski definition) is 12. The second-order valence-electron chi connectivity index (χ2n) is 14.6. The highest BCUT2D eigenvalue weighted by atomic mass is 16.5. The van der Waals surface area contributed by atoms with Crippen molar-refractivity contribution in [2.24, 2.45) is 0 Å². The van der Waals surface area contributed by atoms with E-state index in [1.807, 2.05) is 164 Å². The standard InChI is InChI=1S/C51H39N9O3/c1-61-37-22-16-34(17-23-37)52-49-40-10-4-7-13-43(40)55-46(58-49)31-28-32(47-56-44-14-8-5-11-41(44)50(59-47)53-35-18-24-38(62-2)25-19-35)30-33(29-31)48-57-45-15-9-6-12-42(45)51(60-48)54-36-20-26-39(63-3)27-21-36/h4-30H,1-3H3,(H,52,55,58)(H,53,56,59)(H,54,57,60). The number of benzene rings is 7. The van der Waals surface area contributed by atoms with Gasteiger partial charge in [0.05, 0.1) is 37.9 Å². The number of nitrogens with zero attached hydrogens (tertiary/aromatic N) is 6. The maximum atomic E-state index is 5.41. The first-order valence-corrected chi connectivity index (χ1v) is 20.2. The Morgan fingerprint density at radius 3 is 0.857 bits per heavy atom. The van der Waals surface area contributed by atoms with Crippen LogP contribution in [0.5, 0.6) is 17.2 Å². The molecular weight excluding hydrogens is 787 g/mol. The maximum absolute atomic E-state index is 5.41. The minimum absolute atomic E-state index is 0.488. The summed E-state index contributed by atoms with van der Waals surface area (Å²) in [5.41, 5.74) is 7.01. The highest BCUT2D eigenvalue weighted by molar-refractivity contribution is 5.96. The second-order valence-corrected chi connectivity index (χ2v) is 14.6. The molecule has 0 amide bonds. The van der Waals surface area contributed by atoms with Crippen LogP contribution in [0.3, 0.4) is 0 Å². The summed E-state index contributed by atoms with van der Waals surface area (Å²) in [6.45, 7) is 0. The number of rotatable bonds is 12. The van der Waals surface area contributed by atoms with Crippen molar-refractivity contribution < 1.29 is 14.2 Å². The largest absolute Gasteiger partial charge is 0.497 e. The molecule has 0 radical (unpaired) electrons. The lowest BCUT2D eigenvalue weighted by molar-refractivity contribution is 0.415. The van der Waals surface area contributed by atoms with Gasteiger partial charge in [0.25, 0.3) is 0 Å². The molecule has 0 aliphatic rings. The highest BCUT2D eigenvalue weighted by Gasteiger charge is 2.19. The molecule has 306 valence electrons. The SMILES string of the molecule is COc1ccc(Nc2nc(-c3cc(-c4nc(Nc5ccc(OC)cc5)c5ccccc5n4)cc(-c4nc(Nc5ccc(OC)cc5)c5ccccc5n4)c3)nc3ccccc23)cc1. The van der Waals surface area contributed by atoms with Crippen LogP contribution in [0.4, 0.5) is 34.5 Å². The van der Waals surface area contributed by atoms with Gasteiger partial charge < -0.3 is 30.2 Å². The van der Waals surface area contributed by atoms with Gasteiger partial charge in [-0.1, -0.05) is 36.4 Å². The first-order valence-electron chi connectivity index (χ1n) is 20.2. The smallest absolute Gasteiger partial charge is 0.162 e. The van der Waals surface area contributed by atoms with Crippen LogP contribution in [0.1, 0.15) is 0 Å². The Labute approximate surface area is 362 Å². The van der Waals surface area contributed by atoms with Crippen molar-refractivity contribution in [3.63, 3.8) is 0 Å². The number of fused-ring (bicyclic) bond motifs is 3. The van der Waals surface area contributed by atoms with Gasteiger partial charge in [-0.25, -0.2) is 29.9 Å². The molecular formula is C51H39N9O3. The summed E-state index contributed by atoms with van der Waals surface area (Å²) in [6.07, 6.45) is 0. The van der Waals surface area contributed by atoms with Crippen LogP contribution in [0.15, 0.2) is 164 Å². The van der Waals surface area contributed by atoms with E-state index in [4.69, 9.17) is 44.1 Å². The van der Waals surface area contributed by atoms with Crippen LogP contribution in [0, 0.1) is 0 Å². The number of ether oxygens (including phenoxy) is 3. The minimum atomic E-state index is 0.488. The number of nitrogens with one attached hydrogen (secondary N) is 3. The van der Waals surface area contributed by atoms with Crippen LogP contribution in [-0.4, -0.2) is 51.2 Å². The molecule has 0 aliphatic carbocycles. The lowest BCUT2D eigenvalue weighted by Gasteiger charge is -2.15. The van der Waals surface area contributed by atoms with Crippen molar-refractivity contribution in [3.05, 3.63) is 164 Å². The van der Waals surface area contributed by atoms with Crippen LogP contribution in [0.25, 0.3) is 66.9 Å². The average molecular weight is 826 g/mol. The van der Waals surface area contributed by atoms with E-state index < -0.39 is 0 Å². The predicted molar refractivity (Wildman–Crippen MR) is 251 cm³/mol. The fourth-order valence-corrected chi connectivity index (χ4v) is 7.35. The Kier molecular flexibility index (Phi) is 10.3. The molecule has 0 aliphatic heterocycles. The van der Waals surface area contributed by atoms with Gasteiger partial charge in [0, 0.05) is 49.9 Å². The summed E-state index contributed by atoms with van der Waals surface area (Å²) in [5.74, 6) is 5.68. The Morgan fingerprint density at radius 1 is 0.317 bits per heavy atom. The van der Waals surface area contributed by atoms with E-state index in [1.165, 1.54) is 0 Å². The third-order valence-corrected chi connectivity index (χ3v) is 10.6. The maximum Gasteiger partial charge on any atom is 0.162 e. The predicted octanol–water partition coefficient (Wildman–Crippen LogP) is 11.8. The fraction of sp³-hybridized carbons (Fsp3) is 0.0588. The number of para-hydroxylation sites is 3. The van der Waals surface area contributed by atoms with Gasteiger partial charge in [-0.2, -0.15) is 0 Å². The van der Waals surface area contributed by atoms with Gasteiger partial charge in [0.15, 0.2) is 17.5 Å². The van der Waals surface area contributed by atoms with Gasteiger partial charge in [0.2, 0.25) is 0 Å². The Hall–Kier alpha value is -8.64. The van der Waals surface area contributed by atoms with E-state index in [0.29, 0.717) is 51.6 Å². The van der Waals surface area contributed by atoms with E-state index in [0.717, 1.165) is 67.0 Å². The van der Waals surface area contributed by atoms with E-state index in [-0.39, 0.29) is 0 Å². The molecule has 63 heavy (non-hydrogen) atoms. The molecule has 12 nitrogen and oxygen atoms in total. The lowest BCUT2D eigenvalue weighted by atomic mass is 10.0. The van der Waals surface area contributed by atoms with Gasteiger partial charge in [-0.05, 0) is 127 Å². The second kappa shape index (κ2) is 16.8. The summed E-state index contributed by atoms with van der Waals surface area (Å²) >= 11 is 0. The van der Waals surface area contributed by atoms with Crippen molar-refractivity contribution in [3.8, 4) is 51.4 Å². The van der Waals surface area contributed by atoms with Gasteiger partial charge in [0.1, 0.15) is 34.7 Å². The van der Waals surface area contributed by atoms with Crippen molar-refractivity contribution in [1.29, 1.82) is 0 Å². The topological polar surface area (TPSA) is 141 Å². The normalized spacial score (nSPS) is 11.1. The van der Waals surface area contributed by atoms with Crippen molar-refractivity contribution in [2.75, 3.05) is 37.3 Å². The molecule has 0 unspecified atom stereocenters. The molecule has 0 bridgehead atoms. The fourth-order valence-electron chi connectivity index (χ4n) is 7.35. The van der Waals surface area contributed by atoms with E-state index >= 15 is 0 Å². The number of anilines is 6. The number of hydrogen-bond donors (Lipinski definition) is 3. The molecule has 3 N–H and O–H groups in total. The first-order chi connectivity index (χ1) is 31.0. The molecule has 0 spiro atoms. The Bertz CT molecular complexity index is 2910. The van der Waals surface area contributed by atoms with E-state index in [1.54, 1.807) is 21.3 Å². The Morgan fingerprint density at radius 2 is 0.587 bits per heavy atom. The van der Waals surface area contributed by atoms with Crippen LogP contribution >= 0.6 is 0 Å². The zero-order valence-electron chi connectivity index (χ0n) is 34.5. The summed E-state index contributed by atoms with van der Waals surface area (Å²) in [6, 6.07) is 53.1. The quantitative estimate of drug-likeness (QED) is 0.108. The highest BCUT2D eigenvalue weighted by Crippen LogP contribution is 2.36. The first kappa shape index (κ1) is 38.6. The number of aromatic nitrogens is 6. The summed E-state index contributed by atoms with van der Waals surface area (Å²) in [7, 11) is 4.95. The summed E-state index contributed by atoms with van der Waals surface area (Å²) in [5, 5.41) is 13.2. The molecule has 0 saturated carbocycles.